The van der Waals surface area contributed by atoms with Gasteiger partial charge in [0.25, 0.3) is 0 Å². The highest BCUT2D eigenvalue weighted by molar-refractivity contribution is 5.92. The van der Waals surface area contributed by atoms with Crippen LogP contribution in [0.4, 0.5) is 10.1 Å². The molecule has 55 heavy (non-hydrogen) atoms. The van der Waals surface area contributed by atoms with E-state index in [1.54, 1.807) is 43.5 Å². The van der Waals surface area contributed by atoms with E-state index in [0.29, 0.717) is 37.9 Å². The Hall–Kier alpha value is -5.15. The number of anilines is 1. The van der Waals surface area contributed by atoms with E-state index >= 15 is 0 Å². The molecule has 0 aliphatic carbocycles. The van der Waals surface area contributed by atoms with Crippen molar-refractivity contribution in [1.82, 2.24) is 5.32 Å². The van der Waals surface area contributed by atoms with Gasteiger partial charge in [0.2, 0.25) is 5.91 Å². The summed E-state index contributed by atoms with van der Waals surface area (Å²) in [6.07, 6.45) is 3.85. The van der Waals surface area contributed by atoms with Crippen molar-refractivity contribution in [2.24, 2.45) is 17.6 Å². The maximum atomic E-state index is 13.9. The van der Waals surface area contributed by atoms with Crippen LogP contribution in [0, 0.1) is 17.7 Å². The van der Waals surface area contributed by atoms with Gasteiger partial charge in [-0.1, -0.05) is 110 Å². The van der Waals surface area contributed by atoms with Gasteiger partial charge in [-0.15, -0.1) is 0 Å². The molecule has 0 radical (unpaired) electrons. The van der Waals surface area contributed by atoms with Crippen LogP contribution in [0.15, 0.2) is 133 Å². The summed E-state index contributed by atoms with van der Waals surface area (Å²) < 4.78 is 18.8. The minimum absolute atomic E-state index is 0.0566. The molecule has 5 N–H and O–H groups in total. The van der Waals surface area contributed by atoms with E-state index in [4.69, 9.17) is 10.5 Å². The number of rotatable bonds is 21. The SMILES string of the molecule is COc1ccc(C(NCCCCC(C(=O)Nc2ccc(CO)cc2)C(C)CCC(=O)CC(N)Cc2ccc(F)cc2)(c2ccccc2)c2ccccc2)cc1. The molecule has 1 amide bonds. The zero-order chi connectivity index (χ0) is 39.0. The average Bonchev–Trinajstić information content (AvgIpc) is 3.21. The predicted molar refractivity (Wildman–Crippen MR) is 218 cm³/mol. The molecular formula is C47H54FN3O4. The monoisotopic (exact) mass is 743 g/mol. The quantitative estimate of drug-likeness (QED) is 0.0443. The molecule has 8 heteroatoms. The Kier molecular flexibility index (Phi) is 15.3. The maximum Gasteiger partial charge on any atom is 0.227 e. The number of hydrogen-bond acceptors (Lipinski definition) is 6. The number of carbonyl (C=O) groups excluding carboxylic acids is 2. The smallest absolute Gasteiger partial charge is 0.227 e. The van der Waals surface area contributed by atoms with E-state index in [1.807, 2.05) is 31.2 Å². The number of benzene rings is 5. The van der Waals surface area contributed by atoms with Gasteiger partial charge in [-0.2, -0.15) is 0 Å². The molecule has 3 unspecified atom stereocenters. The largest absolute Gasteiger partial charge is 0.497 e. The van der Waals surface area contributed by atoms with E-state index in [0.717, 1.165) is 46.4 Å². The van der Waals surface area contributed by atoms with Gasteiger partial charge in [-0.3, -0.25) is 14.9 Å². The van der Waals surface area contributed by atoms with Crippen molar-refractivity contribution in [2.75, 3.05) is 19.0 Å². The average molecular weight is 744 g/mol. The van der Waals surface area contributed by atoms with Crippen molar-refractivity contribution in [3.05, 3.63) is 167 Å². The number of methoxy groups -OCH3 is 1. The summed E-state index contributed by atoms with van der Waals surface area (Å²) in [4.78, 5) is 26.9. The fourth-order valence-electron chi connectivity index (χ4n) is 7.37. The van der Waals surface area contributed by atoms with Crippen molar-refractivity contribution in [2.45, 2.75) is 70.1 Å². The first kappa shape index (κ1) is 41.0. The Labute approximate surface area is 325 Å². The van der Waals surface area contributed by atoms with Gasteiger partial charge in [0.1, 0.15) is 17.3 Å². The number of ether oxygens (including phenoxy) is 1. The number of ketones is 1. The van der Waals surface area contributed by atoms with Crippen LogP contribution in [0.25, 0.3) is 0 Å². The number of carbonyl (C=O) groups is 2. The third-order valence-corrected chi connectivity index (χ3v) is 10.5. The van der Waals surface area contributed by atoms with Crippen LogP contribution in [-0.2, 0) is 28.2 Å². The molecule has 0 heterocycles. The second-order valence-corrected chi connectivity index (χ2v) is 14.4. The normalized spacial score (nSPS) is 13.1. The van der Waals surface area contributed by atoms with Crippen LogP contribution in [0.5, 0.6) is 5.75 Å². The summed E-state index contributed by atoms with van der Waals surface area (Å²) in [5.41, 5.74) is 11.3. The van der Waals surface area contributed by atoms with E-state index in [-0.39, 0.29) is 48.4 Å². The lowest BCUT2D eigenvalue weighted by Gasteiger charge is -2.37. The molecule has 0 bridgehead atoms. The highest BCUT2D eigenvalue weighted by Crippen LogP contribution is 2.38. The summed E-state index contributed by atoms with van der Waals surface area (Å²) in [6.45, 7) is 2.66. The summed E-state index contributed by atoms with van der Waals surface area (Å²) in [5, 5.41) is 16.5. The van der Waals surface area contributed by atoms with Crippen LogP contribution in [0.3, 0.4) is 0 Å². The number of nitrogens with two attached hydrogens (primary N) is 1. The minimum atomic E-state index is -0.627. The van der Waals surface area contributed by atoms with E-state index in [2.05, 4.69) is 71.3 Å². The molecule has 0 saturated carbocycles. The number of amides is 1. The predicted octanol–water partition coefficient (Wildman–Crippen LogP) is 8.58. The molecular weight excluding hydrogens is 690 g/mol. The van der Waals surface area contributed by atoms with Crippen LogP contribution in [0.2, 0.25) is 0 Å². The summed E-state index contributed by atoms with van der Waals surface area (Å²) in [6, 6.07) is 42.1. The lowest BCUT2D eigenvalue weighted by Crippen LogP contribution is -2.45. The van der Waals surface area contributed by atoms with Crippen molar-refractivity contribution in [3.8, 4) is 5.75 Å². The van der Waals surface area contributed by atoms with Crippen LogP contribution in [0.1, 0.15) is 73.3 Å². The number of halogens is 1. The van der Waals surface area contributed by atoms with Gasteiger partial charge < -0.3 is 20.9 Å². The van der Waals surface area contributed by atoms with Crippen LogP contribution < -0.4 is 21.1 Å². The number of aliphatic hydroxyl groups is 1. The van der Waals surface area contributed by atoms with Crippen molar-refractivity contribution < 1.29 is 23.8 Å². The Bertz CT molecular complexity index is 1860. The molecule has 0 aliphatic heterocycles. The minimum Gasteiger partial charge on any atom is -0.497 e. The van der Waals surface area contributed by atoms with Gasteiger partial charge >= 0.3 is 0 Å². The highest BCUT2D eigenvalue weighted by Gasteiger charge is 2.36. The molecule has 7 nitrogen and oxygen atoms in total. The molecule has 5 aromatic rings. The number of nitrogens with one attached hydrogen (secondary N) is 2. The number of aliphatic hydroxyl groups excluding tert-OH is 1. The molecule has 0 aromatic heterocycles. The first-order chi connectivity index (χ1) is 26.7. The summed E-state index contributed by atoms with van der Waals surface area (Å²) >= 11 is 0. The van der Waals surface area contributed by atoms with E-state index in [1.165, 1.54) is 12.1 Å². The Morgan fingerprint density at radius 1 is 0.764 bits per heavy atom. The molecule has 3 atom stereocenters. The first-order valence-electron chi connectivity index (χ1n) is 19.2. The Morgan fingerprint density at radius 2 is 1.35 bits per heavy atom. The van der Waals surface area contributed by atoms with Gasteiger partial charge in [0, 0.05) is 30.5 Å². The topological polar surface area (TPSA) is 114 Å². The van der Waals surface area contributed by atoms with Crippen LogP contribution in [-0.4, -0.2) is 36.5 Å². The van der Waals surface area contributed by atoms with Crippen molar-refractivity contribution >= 4 is 17.4 Å². The molecule has 0 saturated heterocycles. The Balaban J connectivity index is 1.27. The van der Waals surface area contributed by atoms with Gasteiger partial charge in [0.15, 0.2) is 0 Å². The van der Waals surface area contributed by atoms with E-state index < -0.39 is 5.54 Å². The van der Waals surface area contributed by atoms with Crippen LogP contribution >= 0.6 is 0 Å². The van der Waals surface area contributed by atoms with Gasteiger partial charge in [-0.05, 0) is 102 Å². The number of Topliss-reactive ketones (excluding diaryl/α,β-unsaturated/α-hetero) is 1. The molecule has 0 aliphatic rings. The third-order valence-electron chi connectivity index (χ3n) is 10.5. The highest BCUT2D eigenvalue weighted by atomic mass is 19.1. The molecule has 0 fully saturated rings. The zero-order valence-corrected chi connectivity index (χ0v) is 31.9. The first-order valence-corrected chi connectivity index (χ1v) is 19.2. The summed E-state index contributed by atoms with van der Waals surface area (Å²) in [7, 11) is 1.67. The Morgan fingerprint density at radius 3 is 1.93 bits per heavy atom. The lowest BCUT2D eigenvalue weighted by atomic mass is 9.77. The number of hydrogen-bond donors (Lipinski definition) is 4. The maximum absolute atomic E-state index is 13.9. The molecule has 0 spiro atoms. The molecule has 5 rings (SSSR count). The van der Waals surface area contributed by atoms with E-state index in [9.17, 15) is 19.1 Å². The third kappa shape index (κ3) is 11.4. The standard InChI is InChI=1S/C47H54FN3O4/c1-34(16-27-43(53)32-41(49)31-35-17-23-40(48)24-18-35)45(46(54)51-42-25-19-36(33-52)20-26-42)15-9-10-30-50-47(37-11-5-3-6-12-37,38-13-7-4-8-14-38)39-21-28-44(55-2)29-22-39/h3-8,11-14,17-26,28-29,34,41,45,50,52H,9-10,15-16,27,30-33,49H2,1-2H3,(H,51,54). The molecule has 5 aromatic carbocycles. The van der Waals surface area contributed by atoms with Gasteiger partial charge in [-0.25, -0.2) is 4.39 Å². The van der Waals surface area contributed by atoms with Gasteiger partial charge in [0.05, 0.1) is 19.3 Å². The van der Waals surface area contributed by atoms with Crippen molar-refractivity contribution in [3.63, 3.8) is 0 Å². The second kappa shape index (κ2) is 20.5. The fraction of sp³-hybridized carbons (Fsp3) is 0.319. The molecule has 288 valence electrons. The zero-order valence-electron chi connectivity index (χ0n) is 31.9. The van der Waals surface area contributed by atoms with Crippen molar-refractivity contribution in [1.29, 1.82) is 0 Å². The second-order valence-electron chi connectivity index (χ2n) is 14.4. The lowest BCUT2D eigenvalue weighted by molar-refractivity contribution is -0.123. The number of unbranched alkanes of at least 4 members (excludes halogenated alkanes) is 1. The summed E-state index contributed by atoms with van der Waals surface area (Å²) in [5.74, 6) is 0.0678. The fourth-order valence-corrected chi connectivity index (χ4v) is 7.37.